The minimum Gasteiger partial charge on any atom is -0.463 e. The molecule has 0 N–H and O–H groups in total. The fraction of sp³-hybridized carbons (Fsp3) is 0.190. The average Bonchev–Trinajstić information content (AvgIpc) is 3.58. The summed E-state index contributed by atoms with van der Waals surface area (Å²) in [7, 11) is 0. The van der Waals surface area contributed by atoms with Gasteiger partial charge in [-0.25, -0.2) is 5.01 Å². The highest BCUT2D eigenvalue weighted by molar-refractivity contribution is 7.99. The number of hydrazone groups is 1. The molecule has 0 radical (unpaired) electrons. The number of carbonyl (C=O) groups is 1. The Morgan fingerprint density at radius 2 is 2.10 bits per heavy atom. The highest BCUT2D eigenvalue weighted by atomic mass is 32.2. The first kappa shape index (κ1) is 19.7. The third-order valence-corrected chi connectivity index (χ3v) is 6.76. The summed E-state index contributed by atoms with van der Waals surface area (Å²) in [6, 6.07) is 15.5. The van der Waals surface area contributed by atoms with Crippen LogP contribution in [0.3, 0.4) is 0 Å². The zero-order valence-electron chi connectivity index (χ0n) is 16.6. The van der Waals surface area contributed by atoms with Crippen molar-refractivity contribution in [1.29, 1.82) is 0 Å². The average molecular weight is 451 g/mol. The summed E-state index contributed by atoms with van der Waals surface area (Å²) >= 11 is 2.91. The molecule has 31 heavy (non-hydrogen) atoms. The van der Waals surface area contributed by atoms with Crippen LogP contribution in [-0.4, -0.2) is 42.6 Å². The molecule has 0 fully saturated rings. The molecule has 1 amide bonds. The normalized spacial score (nSPS) is 16.0. The summed E-state index contributed by atoms with van der Waals surface area (Å²) in [5, 5.41) is 20.7. The van der Waals surface area contributed by atoms with E-state index in [1.165, 1.54) is 11.8 Å². The standard InChI is InChI=1S/C21H18N6O2S2/c1-14-6-8-15(9-7-14)26-21(22-24-25-26)31-13-20(28)27-17(19-5-3-11-30-19)12-16(23-27)18-4-2-10-29-18/h2-11,17H,12-13H2,1H3. The van der Waals surface area contributed by atoms with E-state index in [1.807, 2.05) is 60.8 Å². The van der Waals surface area contributed by atoms with Crippen LogP contribution in [0.4, 0.5) is 0 Å². The Hall–Kier alpha value is -3.24. The first-order valence-electron chi connectivity index (χ1n) is 9.64. The van der Waals surface area contributed by atoms with Gasteiger partial charge >= 0.3 is 0 Å². The first-order valence-corrected chi connectivity index (χ1v) is 11.5. The molecule has 1 unspecified atom stereocenters. The van der Waals surface area contributed by atoms with Crippen molar-refractivity contribution < 1.29 is 9.21 Å². The fourth-order valence-electron chi connectivity index (χ4n) is 3.34. The number of carbonyl (C=O) groups excluding carboxylic acids is 1. The van der Waals surface area contributed by atoms with E-state index in [1.54, 1.807) is 27.3 Å². The van der Waals surface area contributed by atoms with Gasteiger partial charge in [0.1, 0.15) is 11.5 Å². The van der Waals surface area contributed by atoms with Gasteiger partial charge in [-0.3, -0.25) is 4.79 Å². The molecule has 5 rings (SSSR count). The van der Waals surface area contributed by atoms with E-state index in [0.717, 1.165) is 21.8 Å². The third-order valence-electron chi connectivity index (χ3n) is 4.89. The predicted molar refractivity (Wildman–Crippen MR) is 118 cm³/mol. The zero-order chi connectivity index (χ0) is 21.2. The molecular weight excluding hydrogens is 432 g/mol. The van der Waals surface area contributed by atoms with Gasteiger partial charge in [0.15, 0.2) is 0 Å². The van der Waals surface area contributed by atoms with E-state index in [9.17, 15) is 4.79 Å². The molecule has 0 bridgehead atoms. The van der Waals surface area contributed by atoms with Crippen molar-refractivity contribution in [3.63, 3.8) is 0 Å². The van der Waals surface area contributed by atoms with E-state index < -0.39 is 0 Å². The fourth-order valence-corrected chi connectivity index (χ4v) is 4.90. The van der Waals surface area contributed by atoms with Gasteiger partial charge in [0.25, 0.3) is 5.91 Å². The van der Waals surface area contributed by atoms with Crippen molar-refractivity contribution in [2.75, 3.05) is 5.75 Å². The number of tetrazole rings is 1. The Kier molecular flexibility index (Phi) is 5.39. The number of furan rings is 1. The molecule has 0 saturated heterocycles. The maximum atomic E-state index is 13.1. The number of nitrogens with zero attached hydrogens (tertiary/aromatic N) is 6. The molecule has 1 aromatic carbocycles. The maximum absolute atomic E-state index is 13.1. The molecular formula is C21H18N6O2S2. The van der Waals surface area contributed by atoms with Crippen LogP contribution >= 0.6 is 23.1 Å². The van der Waals surface area contributed by atoms with Crippen LogP contribution in [-0.2, 0) is 4.79 Å². The molecule has 10 heteroatoms. The number of thioether (sulfide) groups is 1. The lowest BCUT2D eigenvalue weighted by molar-refractivity contribution is -0.130. The van der Waals surface area contributed by atoms with Crippen LogP contribution in [0.2, 0.25) is 0 Å². The summed E-state index contributed by atoms with van der Waals surface area (Å²) < 4.78 is 7.14. The molecule has 156 valence electrons. The first-order chi connectivity index (χ1) is 15.2. The number of benzene rings is 1. The van der Waals surface area contributed by atoms with Crippen molar-refractivity contribution >= 4 is 34.7 Å². The molecule has 0 spiro atoms. The number of aromatic nitrogens is 4. The predicted octanol–water partition coefficient (Wildman–Crippen LogP) is 4.10. The van der Waals surface area contributed by atoms with E-state index >= 15 is 0 Å². The van der Waals surface area contributed by atoms with Gasteiger partial charge in [0, 0.05) is 11.3 Å². The third kappa shape index (κ3) is 4.04. The van der Waals surface area contributed by atoms with Crippen molar-refractivity contribution in [3.05, 3.63) is 76.4 Å². The van der Waals surface area contributed by atoms with Crippen LogP contribution in [0.15, 0.2) is 74.8 Å². The Labute approximate surface area is 186 Å². The summed E-state index contributed by atoms with van der Waals surface area (Å²) in [5.74, 6) is 0.750. The molecule has 3 aromatic heterocycles. The molecule has 0 aliphatic carbocycles. The second kappa shape index (κ2) is 8.48. The minimum absolute atomic E-state index is 0.108. The second-order valence-electron chi connectivity index (χ2n) is 7.00. The highest BCUT2D eigenvalue weighted by Crippen LogP contribution is 2.36. The van der Waals surface area contributed by atoms with Crippen LogP contribution in [0.25, 0.3) is 5.69 Å². The van der Waals surface area contributed by atoms with Crippen LogP contribution in [0.5, 0.6) is 0 Å². The number of thiophene rings is 1. The topological polar surface area (TPSA) is 89.4 Å². The van der Waals surface area contributed by atoms with Gasteiger partial charge in [0.2, 0.25) is 5.16 Å². The number of rotatable bonds is 6. The van der Waals surface area contributed by atoms with Gasteiger partial charge in [-0.1, -0.05) is 35.5 Å². The smallest absolute Gasteiger partial charge is 0.253 e. The van der Waals surface area contributed by atoms with Gasteiger partial charge < -0.3 is 4.42 Å². The summed E-state index contributed by atoms with van der Waals surface area (Å²) in [5.41, 5.74) is 2.77. The zero-order valence-corrected chi connectivity index (χ0v) is 18.2. The quantitative estimate of drug-likeness (QED) is 0.411. The SMILES string of the molecule is Cc1ccc(-n2nnnc2SCC(=O)N2N=C(c3ccco3)CC2c2cccs2)cc1. The van der Waals surface area contributed by atoms with E-state index in [0.29, 0.717) is 17.3 Å². The summed E-state index contributed by atoms with van der Waals surface area (Å²) in [6.07, 6.45) is 2.23. The lowest BCUT2D eigenvalue weighted by atomic mass is 10.1. The van der Waals surface area contributed by atoms with E-state index in [2.05, 4.69) is 20.6 Å². The van der Waals surface area contributed by atoms with Gasteiger partial charge in [0.05, 0.1) is 23.7 Å². The summed E-state index contributed by atoms with van der Waals surface area (Å²) in [6.45, 7) is 2.02. The Balaban J connectivity index is 1.34. The molecule has 4 heterocycles. The second-order valence-corrected chi connectivity index (χ2v) is 8.92. The number of amides is 1. The molecule has 0 saturated carbocycles. The highest BCUT2D eigenvalue weighted by Gasteiger charge is 2.34. The van der Waals surface area contributed by atoms with Crippen LogP contribution in [0.1, 0.15) is 28.7 Å². The lowest BCUT2D eigenvalue weighted by Gasteiger charge is -2.20. The van der Waals surface area contributed by atoms with Crippen molar-refractivity contribution in [2.24, 2.45) is 5.10 Å². The Bertz CT molecular complexity index is 1200. The van der Waals surface area contributed by atoms with Gasteiger partial charge in [-0.05, 0) is 53.1 Å². The molecule has 4 aromatic rings. The van der Waals surface area contributed by atoms with E-state index in [-0.39, 0.29) is 17.7 Å². The Morgan fingerprint density at radius 1 is 1.23 bits per heavy atom. The van der Waals surface area contributed by atoms with E-state index in [4.69, 9.17) is 4.42 Å². The van der Waals surface area contributed by atoms with Crippen molar-refractivity contribution in [3.8, 4) is 5.69 Å². The van der Waals surface area contributed by atoms with Gasteiger partial charge in [-0.15, -0.1) is 16.4 Å². The maximum Gasteiger partial charge on any atom is 0.253 e. The minimum atomic E-state index is -0.138. The lowest BCUT2D eigenvalue weighted by Crippen LogP contribution is -2.28. The number of hydrogen-bond donors (Lipinski definition) is 0. The number of hydrogen-bond acceptors (Lipinski definition) is 8. The monoisotopic (exact) mass is 450 g/mol. The van der Waals surface area contributed by atoms with Crippen molar-refractivity contribution in [1.82, 2.24) is 25.2 Å². The molecule has 1 atom stereocenters. The number of aryl methyl sites for hydroxylation is 1. The molecule has 1 aliphatic rings. The van der Waals surface area contributed by atoms with Crippen LogP contribution < -0.4 is 0 Å². The molecule has 1 aliphatic heterocycles. The van der Waals surface area contributed by atoms with Crippen LogP contribution in [0, 0.1) is 6.92 Å². The largest absolute Gasteiger partial charge is 0.463 e. The Morgan fingerprint density at radius 3 is 2.84 bits per heavy atom. The van der Waals surface area contributed by atoms with Gasteiger partial charge in [-0.2, -0.15) is 9.78 Å². The van der Waals surface area contributed by atoms with Crippen molar-refractivity contribution in [2.45, 2.75) is 24.5 Å². The summed E-state index contributed by atoms with van der Waals surface area (Å²) in [4.78, 5) is 14.2. The molecule has 8 nitrogen and oxygen atoms in total.